The van der Waals surface area contributed by atoms with Crippen molar-refractivity contribution < 1.29 is 0 Å². The highest BCUT2D eigenvalue weighted by atomic mass is 15.1. The minimum Gasteiger partial charge on any atom is -0.383 e. The summed E-state index contributed by atoms with van der Waals surface area (Å²) in [7, 11) is 4.03. The summed E-state index contributed by atoms with van der Waals surface area (Å²) in [5, 5.41) is 3.30. The van der Waals surface area contributed by atoms with E-state index in [2.05, 4.69) is 32.3 Å². The van der Waals surface area contributed by atoms with Gasteiger partial charge in [0.25, 0.3) is 0 Å². The molecule has 0 saturated carbocycles. The summed E-state index contributed by atoms with van der Waals surface area (Å²) in [5.41, 5.74) is 8.92. The number of rotatable bonds is 4. The van der Waals surface area contributed by atoms with Crippen molar-refractivity contribution in [2.75, 3.05) is 30.0 Å². The van der Waals surface area contributed by atoms with E-state index in [9.17, 15) is 0 Å². The van der Waals surface area contributed by atoms with Crippen LogP contribution in [0.5, 0.6) is 0 Å². The quantitative estimate of drug-likeness (QED) is 0.880. The van der Waals surface area contributed by atoms with Crippen molar-refractivity contribution in [2.24, 2.45) is 0 Å². The van der Waals surface area contributed by atoms with Crippen LogP contribution in [0.15, 0.2) is 30.6 Å². The molecule has 0 aliphatic heterocycles. The SMILES string of the molecule is CCc1c(N)ncnc1Nc1cccc(N(C)C)c1. The highest BCUT2D eigenvalue weighted by molar-refractivity contribution is 5.67. The molecule has 0 amide bonds. The molecular weight excluding hydrogens is 238 g/mol. The number of nitrogens with one attached hydrogen (secondary N) is 1. The average Bonchev–Trinajstić information content (AvgIpc) is 2.39. The first-order chi connectivity index (χ1) is 9.11. The predicted molar refractivity (Wildman–Crippen MR) is 79.9 cm³/mol. The molecular formula is C14H19N5. The second kappa shape index (κ2) is 5.56. The highest BCUT2D eigenvalue weighted by Crippen LogP contribution is 2.24. The van der Waals surface area contributed by atoms with E-state index in [1.165, 1.54) is 6.33 Å². The van der Waals surface area contributed by atoms with Crippen LogP contribution in [0.3, 0.4) is 0 Å². The summed E-state index contributed by atoms with van der Waals surface area (Å²) in [6, 6.07) is 8.14. The normalized spacial score (nSPS) is 10.3. The van der Waals surface area contributed by atoms with Gasteiger partial charge in [-0.25, -0.2) is 9.97 Å². The Morgan fingerprint density at radius 3 is 2.74 bits per heavy atom. The Bertz CT molecular complexity index is 566. The third-order valence-corrected chi connectivity index (χ3v) is 2.96. The van der Waals surface area contributed by atoms with Gasteiger partial charge in [-0.05, 0) is 24.6 Å². The Kier molecular flexibility index (Phi) is 3.85. The van der Waals surface area contributed by atoms with Crippen LogP contribution in [0.2, 0.25) is 0 Å². The third-order valence-electron chi connectivity index (χ3n) is 2.96. The summed E-state index contributed by atoms with van der Waals surface area (Å²) < 4.78 is 0. The molecule has 0 atom stereocenters. The van der Waals surface area contributed by atoms with E-state index in [4.69, 9.17) is 5.73 Å². The molecule has 2 aromatic rings. The second-order valence-corrected chi connectivity index (χ2v) is 4.51. The van der Waals surface area contributed by atoms with Crippen LogP contribution in [0.25, 0.3) is 0 Å². The fourth-order valence-corrected chi connectivity index (χ4v) is 1.88. The van der Waals surface area contributed by atoms with Crippen LogP contribution in [-0.4, -0.2) is 24.1 Å². The molecule has 0 aliphatic carbocycles. The number of hydrogen-bond donors (Lipinski definition) is 2. The Morgan fingerprint density at radius 2 is 2.05 bits per heavy atom. The Hall–Kier alpha value is -2.30. The first-order valence-electron chi connectivity index (χ1n) is 6.25. The molecule has 19 heavy (non-hydrogen) atoms. The molecule has 0 aliphatic rings. The monoisotopic (exact) mass is 257 g/mol. The molecule has 1 aromatic carbocycles. The van der Waals surface area contributed by atoms with Gasteiger partial charge in [0, 0.05) is 31.0 Å². The lowest BCUT2D eigenvalue weighted by molar-refractivity contribution is 1.06. The molecule has 3 N–H and O–H groups in total. The van der Waals surface area contributed by atoms with Crippen molar-refractivity contribution in [3.8, 4) is 0 Å². The standard InChI is InChI=1S/C14H19N5/c1-4-12-13(15)16-9-17-14(12)18-10-6-5-7-11(8-10)19(2)3/h5-9H,4H2,1-3H3,(H3,15,16,17,18). The molecule has 100 valence electrons. The number of anilines is 4. The van der Waals surface area contributed by atoms with Gasteiger partial charge in [-0.15, -0.1) is 0 Å². The van der Waals surface area contributed by atoms with Gasteiger partial charge in [0.1, 0.15) is 18.0 Å². The number of aromatic nitrogens is 2. The molecule has 0 spiro atoms. The molecule has 0 saturated heterocycles. The first-order valence-corrected chi connectivity index (χ1v) is 6.25. The van der Waals surface area contributed by atoms with E-state index in [0.29, 0.717) is 5.82 Å². The van der Waals surface area contributed by atoms with Gasteiger partial charge >= 0.3 is 0 Å². The minimum absolute atomic E-state index is 0.531. The lowest BCUT2D eigenvalue weighted by atomic mass is 10.2. The fourth-order valence-electron chi connectivity index (χ4n) is 1.88. The van der Waals surface area contributed by atoms with Crippen LogP contribution in [-0.2, 0) is 6.42 Å². The van der Waals surface area contributed by atoms with Crippen LogP contribution in [0.4, 0.5) is 23.0 Å². The van der Waals surface area contributed by atoms with E-state index < -0.39 is 0 Å². The summed E-state index contributed by atoms with van der Waals surface area (Å²) in [6.45, 7) is 2.04. The van der Waals surface area contributed by atoms with Crippen molar-refractivity contribution in [1.82, 2.24) is 9.97 Å². The van der Waals surface area contributed by atoms with Gasteiger partial charge in [-0.2, -0.15) is 0 Å². The molecule has 0 radical (unpaired) electrons. The second-order valence-electron chi connectivity index (χ2n) is 4.51. The maximum Gasteiger partial charge on any atom is 0.139 e. The Labute approximate surface area is 113 Å². The summed E-state index contributed by atoms with van der Waals surface area (Å²) in [4.78, 5) is 10.3. The predicted octanol–water partition coefficient (Wildman–Crippen LogP) is 2.43. The van der Waals surface area contributed by atoms with Gasteiger partial charge in [0.2, 0.25) is 0 Å². The van der Waals surface area contributed by atoms with Crippen molar-refractivity contribution in [2.45, 2.75) is 13.3 Å². The molecule has 0 fully saturated rings. The summed E-state index contributed by atoms with van der Waals surface area (Å²) >= 11 is 0. The lowest BCUT2D eigenvalue weighted by Crippen LogP contribution is -2.09. The van der Waals surface area contributed by atoms with Gasteiger partial charge < -0.3 is 16.0 Å². The molecule has 1 aromatic heterocycles. The van der Waals surface area contributed by atoms with E-state index in [1.54, 1.807) is 0 Å². The van der Waals surface area contributed by atoms with E-state index in [1.807, 2.05) is 33.2 Å². The van der Waals surface area contributed by atoms with Crippen LogP contribution < -0.4 is 16.0 Å². The van der Waals surface area contributed by atoms with E-state index in [-0.39, 0.29) is 0 Å². The molecule has 2 rings (SSSR count). The average molecular weight is 257 g/mol. The smallest absolute Gasteiger partial charge is 0.139 e. The largest absolute Gasteiger partial charge is 0.383 e. The first kappa shape index (κ1) is 13.1. The maximum absolute atomic E-state index is 5.86. The molecule has 1 heterocycles. The van der Waals surface area contributed by atoms with Crippen LogP contribution >= 0.6 is 0 Å². The van der Waals surface area contributed by atoms with Gasteiger partial charge in [-0.3, -0.25) is 0 Å². The van der Waals surface area contributed by atoms with Crippen LogP contribution in [0, 0.1) is 0 Å². The third kappa shape index (κ3) is 2.93. The van der Waals surface area contributed by atoms with E-state index >= 15 is 0 Å². The Balaban J connectivity index is 2.31. The van der Waals surface area contributed by atoms with Crippen LogP contribution in [0.1, 0.15) is 12.5 Å². The van der Waals surface area contributed by atoms with Crippen molar-refractivity contribution in [3.05, 3.63) is 36.2 Å². The van der Waals surface area contributed by atoms with E-state index in [0.717, 1.165) is 29.2 Å². The summed E-state index contributed by atoms with van der Waals surface area (Å²) in [6.07, 6.45) is 2.27. The lowest BCUT2D eigenvalue weighted by Gasteiger charge is -2.15. The Morgan fingerprint density at radius 1 is 1.26 bits per heavy atom. The summed E-state index contributed by atoms with van der Waals surface area (Å²) in [5.74, 6) is 1.30. The van der Waals surface area contributed by atoms with Gasteiger partial charge in [0.05, 0.1) is 0 Å². The molecule has 0 unspecified atom stereocenters. The van der Waals surface area contributed by atoms with Crippen molar-refractivity contribution in [1.29, 1.82) is 0 Å². The molecule has 5 nitrogen and oxygen atoms in total. The topological polar surface area (TPSA) is 67.1 Å². The fraction of sp³-hybridized carbons (Fsp3) is 0.286. The zero-order valence-corrected chi connectivity index (χ0v) is 11.5. The number of nitrogen functional groups attached to an aromatic ring is 1. The molecule has 5 heteroatoms. The van der Waals surface area contributed by atoms with Gasteiger partial charge in [0.15, 0.2) is 0 Å². The minimum atomic E-state index is 0.531. The molecule has 0 bridgehead atoms. The highest BCUT2D eigenvalue weighted by Gasteiger charge is 2.07. The number of nitrogens with zero attached hydrogens (tertiary/aromatic N) is 3. The number of nitrogens with two attached hydrogens (primary N) is 1. The van der Waals surface area contributed by atoms with Crippen molar-refractivity contribution in [3.63, 3.8) is 0 Å². The maximum atomic E-state index is 5.86. The zero-order chi connectivity index (χ0) is 13.8. The zero-order valence-electron chi connectivity index (χ0n) is 11.5. The van der Waals surface area contributed by atoms with Gasteiger partial charge in [-0.1, -0.05) is 13.0 Å². The number of hydrogen-bond acceptors (Lipinski definition) is 5. The number of benzene rings is 1. The van der Waals surface area contributed by atoms with Crippen molar-refractivity contribution >= 4 is 23.0 Å².